The molecule has 0 atom stereocenters. The van der Waals surface area contributed by atoms with E-state index in [0.717, 1.165) is 16.8 Å². The Hall–Kier alpha value is -2.60. The average molecular weight is 355 g/mol. The third kappa shape index (κ3) is 4.28. The summed E-state index contributed by atoms with van der Waals surface area (Å²) >= 11 is 1.44. The summed E-state index contributed by atoms with van der Waals surface area (Å²) in [5, 5.41) is 2.62. The van der Waals surface area contributed by atoms with Crippen LogP contribution in [0, 0.1) is 5.82 Å². The molecular weight excluding hydrogens is 337 g/mol. The number of carbonyl (C=O) groups excluding carboxylic acids is 1. The van der Waals surface area contributed by atoms with E-state index in [4.69, 9.17) is 0 Å². The molecule has 0 radical (unpaired) electrons. The van der Waals surface area contributed by atoms with Gasteiger partial charge < -0.3 is 0 Å². The predicted octanol–water partition coefficient (Wildman–Crippen LogP) is 4.33. The molecule has 3 rings (SSSR count). The van der Waals surface area contributed by atoms with Crippen molar-refractivity contribution in [1.29, 1.82) is 0 Å². The van der Waals surface area contributed by atoms with Crippen molar-refractivity contribution < 1.29 is 9.18 Å². The Balaban J connectivity index is 1.69. The van der Waals surface area contributed by atoms with Gasteiger partial charge in [-0.15, -0.1) is 11.3 Å². The van der Waals surface area contributed by atoms with E-state index in [0.29, 0.717) is 24.5 Å². The highest BCUT2D eigenvalue weighted by molar-refractivity contribution is 7.14. The highest BCUT2D eigenvalue weighted by atomic mass is 32.1. The third-order valence-electron chi connectivity index (χ3n) is 3.83. The maximum absolute atomic E-state index is 13.2. The van der Waals surface area contributed by atoms with Gasteiger partial charge in [0.1, 0.15) is 5.82 Å². The van der Waals surface area contributed by atoms with E-state index in [1.807, 2.05) is 30.5 Å². The molecule has 2 aromatic heterocycles. The molecular formula is C19H18FN3OS. The molecule has 0 aliphatic carbocycles. The summed E-state index contributed by atoms with van der Waals surface area (Å²) in [6.45, 7) is 2.47. The standard InChI is InChI=1S/C19H18FN3OS/c1-2-23(18(24)7-6-14-4-3-5-16(20)12-14)19-22-17(13-25-19)15-8-10-21-11-9-15/h3-5,8-13H,2,6-7H2,1H3. The van der Waals surface area contributed by atoms with E-state index in [-0.39, 0.29) is 11.7 Å². The molecule has 25 heavy (non-hydrogen) atoms. The SMILES string of the molecule is CCN(C(=O)CCc1cccc(F)c1)c1nc(-c2ccncc2)cs1. The molecule has 0 unspecified atom stereocenters. The highest BCUT2D eigenvalue weighted by Gasteiger charge is 2.17. The number of benzene rings is 1. The number of amides is 1. The number of pyridine rings is 1. The lowest BCUT2D eigenvalue weighted by Gasteiger charge is -2.17. The summed E-state index contributed by atoms with van der Waals surface area (Å²) in [5.41, 5.74) is 2.63. The van der Waals surface area contributed by atoms with Gasteiger partial charge in [0, 0.05) is 36.3 Å². The Morgan fingerprint density at radius 1 is 1.24 bits per heavy atom. The van der Waals surface area contributed by atoms with Crippen molar-refractivity contribution in [1.82, 2.24) is 9.97 Å². The van der Waals surface area contributed by atoms with Gasteiger partial charge in [-0.25, -0.2) is 9.37 Å². The van der Waals surface area contributed by atoms with Crippen LogP contribution in [0.5, 0.6) is 0 Å². The largest absolute Gasteiger partial charge is 0.288 e. The minimum atomic E-state index is -0.279. The zero-order chi connectivity index (χ0) is 17.6. The zero-order valence-electron chi connectivity index (χ0n) is 13.9. The number of aryl methyl sites for hydroxylation is 1. The fraction of sp³-hybridized carbons (Fsp3) is 0.211. The number of halogens is 1. The van der Waals surface area contributed by atoms with Crippen molar-refractivity contribution in [3.63, 3.8) is 0 Å². The minimum absolute atomic E-state index is 0.0117. The van der Waals surface area contributed by atoms with Crippen LogP contribution in [0.4, 0.5) is 9.52 Å². The monoisotopic (exact) mass is 355 g/mol. The van der Waals surface area contributed by atoms with Crippen LogP contribution in [-0.2, 0) is 11.2 Å². The first-order chi connectivity index (χ1) is 12.2. The fourth-order valence-electron chi connectivity index (χ4n) is 2.54. The number of thiazole rings is 1. The summed E-state index contributed by atoms with van der Waals surface area (Å²) in [4.78, 5) is 22.8. The summed E-state index contributed by atoms with van der Waals surface area (Å²) in [6.07, 6.45) is 4.27. The van der Waals surface area contributed by atoms with E-state index >= 15 is 0 Å². The van der Waals surface area contributed by atoms with Crippen LogP contribution >= 0.6 is 11.3 Å². The molecule has 0 fully saturated rings. The Kier molecular flexibility index (Phi) is 5.50. The number of anilines is 1. The Morgan fingerprint density at radius 2 is 2.04 bits per heavy atom. The first-order valence-electron chi connectivity index (χ1n) is 8.08. The first kappa shape index (κ1) is 17.2. The van der Waals surface area contributed by atoms with Crippen LogP contribution in [0.3, 0.4) is 0 Å². The van der Waals surface area contributed by atoms with Gasteiger partial charge in [-0.1, -0.05) is 12.1 Å². The van der Waals surface area contributed by atoms with Gasteiger partial charge in [0.15, 0.2) is 5.13 Å². The van der Waals surface area contributed by atoms with Crippen LogP contribution in [0.2, 0.25) is 0 Å². The topological polar surface area (TPSA) is 46.1 Å². The van der Waals surface area contributed by atoms with Crippen molar-refractivity contribution in [3.8, 4) is 11.3 Å². The second kappa shape index (κ2) is 7.98. The van der Waals surface area contributed by atoms with Crippen LogP contribution < -0.4 is 4.90 Å². The van der Waals surface area contributed by atoms with Crippen molar-refractivity contribution in [2.24, 2.45) is 0 Å². The molecule has 0 bridgehead atoms. The van der Waals surface area contributed by atoms with E-state index < -0.39 is 0 Å². The first-order valence-corrected chi connectivity index (χ1v) is 8.96. The number of hydrogen-bond donors (Lipinski definition) is 0. The van der Waals surface area contributed by atoms with Gasteiger partial charge in [0.25, 0.3) is 0 Å². The summed E-state index contributed by atoms with van der Waals surface area (Å²) in [6, 6.07) is 10.1. The van der Waals surface area contributed by atoms with Gasteiger partial charge >= 0.3 is 0 Å². The molecule has 1 amide bonds. The van der Waals surface area contributed by atoms with Crippen LogP contribution in [0.25, 0.3) is 11.3 Å². The van der Waals surface area contributed by atoms with Crippen molar-refractivity contribution >= 4 is 22.4 Å². The second-order valence-corrected chi connectivity index (χ2v) is 6.36. The van der Waals surface area contributed by atoms with Crippen LogP contribution in [0.15, 0.2) is 54.2 Å². The molecule has 6 heteroatoms. The molecule has 1 aromatic carbocycles. The number of rotatable bonds is 6. The summed E-state index contributed by atoms with van der Waals surface area (Å²) < 4.78 is 13.2. The van der Waals surface area contributed by atoms with Crippen molar-refractivity contribution in [3.05, 3.63) is 65.6 Å². The molecule has 4 nitrogen and oxygen atoms in total. The molecule has 0 aliphatic heterocycles. The van der Waals surface area contributed by atoms with E-state index in [2.05, 4.69) is 9.97 Å². The van der Waals surface area contributed by atoms with Gasteiger partial charge in [0.2, 0.25) is 5.91 Å². The lowest BCUT2D eigenvalue weighted by molar-refractivity contribution is -0.118. The molecule has 128 valence electrons. The third-order valence-corrected chi connectivity index (χ3v) is 4.70. The zero-order valence-corrected chi connectivity index (χ0v) is 14.7. The van der Waals surface area contributed by atoms with E-state index in [1.165, 1.54) is 23.5 Å². The highest BCUT2D eigenvalue weighted by Crippen LogP contribution is 2.27. The maximum Gasteiger partial charge on any atom is 0.229 e. The van der Waals surface area contributed by atoms with Gasteiger partial charge in [0.05, 0.1) is 5.69 Å². The van der Waals surface area contributed by atoms with Crippen LogP contribution in [0.1, 0.15) is 18.9 Å². The normalized spacial score (nSPS) is 10.6. The average Bonchev–Trinajstić information content (AvgIpc) is 3.11. The molecule has 0 saturated heterocycles. The van der Waals surface area contributed by atoms with Gasteiger partial charge in [-0.2, -0.15) is 0 Å². The maximum atomic E-state index is 13.2. The van der Waals surface area contributed by atoms with E-state index in [1.54, 1.807) is 23.4 Å². The minimum Gasteiger partial charge on any atom is -0.288 e. The lowest BCUT2D eigenvalue weighted by Crippen LogP contribution is -2.30. The van der Waals surface area contributed by atoms with Gasteiger partial charge in [-0.3, -0.25) is 14.7 Å². The van der Waals surface area contributed by atoms with Crippen molar-refractivity contribution in [2.45, 2.75) is 19.8 Å². The van der Waals surface area contributed by atoms with Crippen molar-refractivity contribution in [2.75, 3.05) is 11.4 Å². The number of nitrogens with zero attached hydrogens (tertiary/aromatic N) is 3. The molecule has 0 saturated carbocycles. The molecule has 0 aliphatic rings. The van der Waals surface area contributed by atoms with Gasteiger partial charge in [-0.05, 0) is 43.2 Å². The lowest BCUT2D eigenvalue weighted by atomic mass is 10.1. The second-order valence-electron chi connectivity index (χ2n) is 5.52. The summed E-state index contributed by atoms with van der Waals surface area (Å²) in [5.74, 6) is -0.290. The Morgan fingerprint density at radius 3 is 2.76 bits per heavy atom. The molecule has 3 aromatic rings. The molecule has 0 spiro atoms. The summed E-state index contributed by atoms with van der Waals surface area (Å²) in [7, 11) is 0. The Bertz CT molecular complexity index is 851. The number of hydrogen-bond acceptors (Lipinski definition) is 4. The smallest absolute Gasteiger partial charge is 0.229 e. The molecule has 2 heterocycles. The number of aromatic nitrogens is 2. The Labute approximate surface area is 150 Å². The quantitative estimate of drug-likeness (QED) is 0.661. The number of carbonyl (C=O) groups is 1. The van der Waals surface area contributed by atoms with Crippen LogP contribution in [-0.4, -0.2) is 22.4 Å². The molecule has 0 N–H and O–H groups in total. The van der Waals surface area contributed by atoms with E-state index in [9.17, 15) is 9.18 Å². The fourth-order valence-corrected chi connectivity index (χ4v) is 3.46. The predicted molar refractivity (Wildman–Crippen MR) is 98.1 cm³/mol.